The van der Waals surface area contributed by atoms with Crippen LogP contribution in [0.2, 0.25) is 0 Å². The molecule has 1 N–H and O–H groups in total. The monoisotopic (exact) mass is 280 g/mol. The molecule has 2 aliphatic rings. The summed E-state index contributed by atoms with van der Waals surface area (Å²) in [6.07, 6.45) is 5.97. The molecule has 3 nitrogen and oxygen atoms in total. The van der Waals surface area contributed by atoms with Crippen LogP contribution in [-0.4, -0.2) is 12.1 Å². The summed E-state index contributed by atoms with van der Waals surface area (Å²) >= 11 is 0. The molecule has 2 aromatic rings. The topological polar surface area (TPSA) is 34.1 Å². The Balaban J connectivity index is 1.73. The Morgan fingerprint density at radius 1 is 1.19 bits per heavy atom. The van der Waals surface area contributed by atoms with Crippen molar-refractivity contribution in [3.63, 3.8) is 0 Å². The van der Waals surface area contributed by atoms with Crippen molar-refractivity contribution in [2.75, 3.05) is 12.4 Å². The van der Waals surface area contributed by atoms with E-state index in [1.54, 1.807) is 7.11 Å². The largest absolute Gasteiger partial charge is 0.497 e. The smallest absolute Gasteiger partial charge is 0.120 e. The van der Waals surface area contributed by atoms with Gasteiger partial charge >= 0.3 is 0 Å². The Labute approximate surface area is 125 Å². The zero-order valence-corrected chi connectivity index (χ0v) is 12.5. The predicted molar refractivity (Wildman–Crippen MR) is 84.6 cm³/mol. The van der Waals surface area contributed by atoms with Gasteiger partial charge in [0.1, 0.15) is 5.75 Å². The molecule has 2 atom stereocenters. The maximum Gasteiger partial charge on any atom is 0.120 e. The molecule has 1 aromatic heterocycles. The van der Waals surface area contributed by atoms with E-state index in [0.29, 0.717) is 0 Å². The van der Waals surface area contributed by atoms with Gasteiger partial charge in [0.05, 0.1) is 19.0 Å². The number of nitrogens with one attached hydrogen (secondary N) is 1. The number of rotatable bonds is 3. The number of fused-ring (bicyclic) bond motifs is 5. The lowest BCUT2D eigenvalue weighted by Crippen LogP contribution is -2.06. The van der Waals surface area contributed by atoms with E-state index in [1.807, 2.05) is 24.4 Å². The minimum atomic E-state index is 0.722. The van der Waals surface area contributed by atoms with Crippen molar-refractivity contribution in [2.45, 2.75) is 38.0 Å². The number of benzene rings is 1. The minimum Gasteiger partial charge on any atom is -0.497 e. The predicted octanol–water partition coefficient (Wildman–Crippen LogP) is 4.51. The summed E-state index contributed by atoms with van der Waals surface area (Å²) in [6, 6.07) is 8.07. The van der Waals surface area contributed by atoms with Gasteiger partial charge in [0.25, 0.3) is 0 Å². The zero-order valence-electron chi connectivity index (χ0n) is 12.5. The van der Waals surface area contributed by atoms with E-state index in [-0.39, 0.29) is 0 Å². The highest BCUT2D eigenvalue weighted by Gasteiger charge is 2.39. The van der Waals surface area contributed by atoms with Crippen LogP contribution in [0.1, 0.15) is 47.9 Å². The molecule has 0 aliphatic heterocycles. The van der Waals surface area contributed by atoms with Gasteiger partial charge in [0.2, 0.25) is 0 Å². The summed E-state index contributed by atoms with van der Waals surface area (Å²) in [4.78, 5) is 4.61. The first-order valence-corrected chi connectivity index (χ1v) is 7.66. The van der Waals surface area contributed by atoms with Gasteiger partial charge in [-0.3, -0.25) is 4.98 Å². The number of hydrogen-bond donors (Lipinski definition) is 1. The minimum absolute atomic E-state index is 0.722. The number of pyridine rings is 1. The fourth-order valence-corrected chi connectivity index (χ4v) is 4.06. The first-order valence-electron chi connectivity index (χ1n) is 7.66. The Morgan fingerprint density at radius 2 is 2.00 bits per heavy atom. The van der Waals surface area contributed by atoms with E-state index in [0.717, 1.165) is 23.3 Å². The third kappa shape index (κ3) is 1.99. The standard InChI is InChI=1S/C18H20N2O/c1-11-17-12-6-7-13(8-12)18(17)16(10-19-11)20-14-4-3-5-15(9-14)21-2/h3-5,9-10,12-13,20H,6-8H2,1-2H3. The number of methoxy groups -OCH3 is 1. The fourth-order valence-electron chi connectivity index (χ4n) is 4.06. The molecule has 3 heteroatoms. The molecule has 108 valence electrons. The summed E-state index contributed by atoms with van der Waals surface area (Å²) in [7, 11) is 1.70. The maximum absolute atomic E-state index is 5.30. The number of aromatic nitrogens is 1. The Bertz CT molecular complexity index is 696. The first-order chi connectivity index (χ1) is 10.3. The van der Waals surface area contributed by atoms with Crippen molar-refractivity contribution >= 4 is 11.4 Å². The van der Waals surface area contributed by atoms with E-state index in [9.17, 15) is 0 Å². The molecular weight excluding hydrogens is 260 g/mol. The van der Waals surface area contributed by atoms with Crippen LogP contribution in [0.25, 0.3) is 0 Å². The van der Waals surface area contributed by atoms with Crippen LogP contribution in [0.4, 0.5) is 11.4 Å². The third-order valence-electron chi connectivity index (χ3n) is 4.96. The molecule has 1 saturated carbocycles. The third-order valence-corrected chi connectivity index (χ3v) is 4.96. The second kappa shape index (κ2) is 4.76. The summed E-state index contributed by atoms with van der Waals surface area (Å²) in [5.74, 6) is 2.34. The molecule has 0 saturated heterocycles. The summed E-state index contributed by atoms with van der Waals surface area (Å²) in [6.45, 7) is 2.15. The Hall–Kier alpha value is -2.03. The number of anilines is 2. The molecule has 0 amide bonds. The second-order valence-corrected chi connectivity index (χ2v) is 6.15. The lowest BCUT2D eigenvalue weighted by Gasteiger charge is -2.21. The zero-order chi connectivity index (χ0) is 14.4. The van der Waals surface area contributed by atoms with E-state index >= 15 is 0 Å². The average Bonchev–Trinajstić information content (AvgIpc) is 3.12. The van der Waals surface area contributed by atoms with Crippen LogP contribution in [0, 0.1) is 6.92 Å². The number of hydrogen-bond acceptors (Lipinski definition) is 3. The molecule has 0 radical (unpaired) electrons. The number of ether oxygens (including phenoxy) is 1. The van der Waals surface area contributed by atoms with E-state index in [4.69, 9.17) is 4.74 Å². The lowest BCUT2D eigenvalue weighted by atomic mass is 9.90. The molecular formula is C18H20N2O. The molecule has 2 aliphatic carbocycles. The molecule has 2 unspecified atom stereocenters. The van der Waals surface area contributed by atoms with Crippen LogP contribution in [0.5, 0.6) is 5.75 Å². The van der Waals surface area contributed by atoms with Crippen molar-refractivity contribution in [1.29, 1.82) is 0 Å². The summed E-state index contributed by atoms with van der Waals surface area (Å²) in [5, 5.41) is 3.55. The quantitative estimate of drug-likeness (QED) is 0.898. The summed E-state index contributed by atoms with van der Waals surface area (Å²) in [5.41, 5.74) is 6.48. The van der Waals surface area contributed by atoms with Gasteiger partial charge in [0, 0.05) is 17.4 Å². The van der Waals surface area contributed by atoms with Crippen LogP contribution >= 0.6 is 0 Å². The molecule has 21 heavy (non-hydrogen) atoms. The van der Waals surface area contributed by atoms with Gasteiger partial charge in [-0.05, 0) is 61.3 Å². The van der Waals surface area contributed by atoms with Crippen LogP contribution in [0.3, 0.4) is 0 Å². The van der Waals surface area contributed by atoms with Crippen LogP contribution in [0.15, 0.2) is 30.5 Å². The number of aryl methyl sites for hydroxylation is 1. The highest BCUT2D eigenvalue weighted by molar-refractivity contribution is 5.68. The fraction of sp³-hybridized carbons (Fsp3) is 0.389. The SMILES string of the molecule is COc1cccc(Nc2cnc(C)c3c2C2CCC3C2)c1. The number of nitrogens with zero attached hydrogens (tertiary/aromatic N) is 1. The average molecular weight is 280 g/mol. The van der Waals surface area contributed by atoms with Gasteiger partial charge in [-0.15, -0.1) is 0 Å². The molecule has 0 spiro atoms. The molecule has 4 rings (SSSR count). The van der Waals surface area contributed by atoms with Gasteiger partial charge in [0.15, 0.2) is 0 Å². The maximum atomic E-state index is 5.30. The van der Waals surface area contributed by atoms with Crippen molar-refractivity contribution in [2.24, 2.45) is 0 Å². The van der Waals surface area contributed by atoms with Crippen LogP contribution in [-0.2, 0) is 0 Å². The first kappa shape index (κ1) is 12.7. The van der Waals surface area contributed by atoms with Crippen molar-refractivity contribution in [3.05, 3.63) is 47.3 Å². The Kier molecular flexibility index (Phi) is 2.88. The highest BCUT2D eigenvalue weighted by Crippen LogP contribution is 2.56. The molecule has 1 fully saturated rings. The van der Waals surface area contributed by atoms with E-state index in [1.165, 1.54) is 41.8 Å². The highest BCUT2D eigenvalue weighted by atomic mass is 16.5. The molecule has 2 bridgehead atoms. The normalized spacial score (nSPS) is 22.2. The van der Waals surface area contributed by atoms with Crippen molar-refractivity contribution in [3.8, 4) is 5.75 Å². The Morgan fingerprint density at radius 3 is 2.81 bits per heavy atom. The van der Waals surface area contributed by atoms with Gasteiger partial charge in [-0.1, -0.05) is 6.07 Å². The van der Waals surface area contributed by atoms with Gasteiger partial charge in [-0.2, -0.15) is 0 Å². The van der Waals surface area contributed by atoms with E-state index < -0.39 is 0 Å². The van der Waals surface area contributed by atoms with Crippen molar-refractivity contribution in [1.82, 2.24) is 4.98 Å². The van der Waals surface area contributed by atoms with Crippen molar-refractivity contribution < 1.29 is 4.74 Å². The van der Waals surface area contributed by atoms with E-state index in [2.05, 4.69) is 23.3 Å². The van der Waals surface area contributed by atoms with Gasteiger partial charge in [-0.25, -0.2) is 0 Å². The molecule has 1 heterocycles. The molecule has 1 aromatic carbocycles. The second-order valence-electron chi connectivity index (χ2n) is 6.15. The van der Waals surface area contributed by atoms with Crippen LogP contribution < -0.4 is 10.1 Å². The summed E-state index contributed by atoms with van der Waals surface area (Å²) < 4.78 is 5.30. The lowest BCUT2D eigenvalue weighted by molar-refractivity contribution is 0.415. The van der Waals surface area contributed by atoms with Gasteiger partial charge < -0.3 is 10.1 Å².